The van der Waals surface area contributed by atoms with E-state index < -0.39 is 66.1 Å². The molecule has 0 spiro atoms. The number of primary amides is 1. The molecule has 0 aliphatic heterocycles. The van der Waals surface area contributed by atoms with Crippen LogP contribution < -0.4 is 11.1 Å². The van der Waals surface area contributed by atoms with Crippen LogP contribution in [0, 0.1) is 11.7 Å². The summed E-state index contributed by atoms with van der Waals surface area (Å²) < 4.78 is 19.7. The Labute approximate surface area is 242 Å². The minimum Gasteiger partial charge on any atom is -0.481 e. The van der Waals surface area contributed by atoms with E-state index in [-0.39, 0.29) is 31.4 Å². The van der Waals surface area contributed by atoms with Crippen molar-refractivity contribution in [3.05, 3.63) is 71.8 Å². The van der Waals surface area contributed by atoms with Gasteiger partial charge in [-0.05, 0) is 69.4 Å². The van der Waals surface area contributed by atoms with Crippen LogP contribution >= 0.6 is 0 Å². The lowest BCUT2D eigenvalue weighted by Gasteiger charge is -2.31. The molecule has 0 saturated heterocycles. The molecule has 2 aromatic carbocycles. The Morgan fingerprint density at radius 1 is 1.07 bits per heavy atom. The number of rotatable bonds is 15. The second-order valence-electron chi connectivity index (χ2n) is 10.8. The standard InChI is InChI=1S/C30H35FN4O7/c1-30(2,41)13-12-19(28(32)39)16-25(42-27(38)11-10-26(36)37)23(15-18-6-5-7-20(31)14-18)35-29(40)24-17-33-21-8-3-4-9-22(21)34-24/h3-9,14,17,19,23,25,41H,10-13,15-16H2,1-2H3,(H2,32,39)(H,35,40)(H,36,37)/t19-,23+,25+/m1/s1. The van der Waals surface area contributed by atoms with Crippen LogP contribution in [0.15, 0.2) is 54.7 Å². The van der Waals surface area contributed by atoms with Crippen molar-refractivity contribution in [1.82, 2.24) is 15.3 Å². The normalized spacial score (nSPS) is 13.6. The van der Waals surface area contributed by atoms with Crippen molar-refractivity contribution in [3.8, 4) is 0 Å². The number of halogens is 1. The Balaban J connectivity index is 1.97. The number of nitrogens with one attached hydrogen (secondary N) is 1. The zero-order valence-corrected chi connectivity index (χ0v) is 23.5. The number of carboxylic acid groups (broad SMARTS) is 1. The summed E-state index contributed by atoms with van der Waals surface area (Å²) in [6.07, 6.45) is -0.629. The van der Waals surface area contributed by atoms with Crippen LogP contribution in [0.1, 0.15) is 62.0 Å². The fraction of sp³-hybridized carbons (Fsp3) is 0.400. The second kappa shape index (κ2) is 14.4. The molecule has 3 rings (SSSR count). The fourth-order valence-corrected chi connectivity index (χ4v) is 4.42. The van der Waals surface area contributed by atoms with Crippen LogP contribution in [-0.2, 0) is 25.5 Å². The van der Waals surface area contributed by atoms with Crippen LogP contribution in [0.4, 0.5) is 4.39 Å². The van der Waals surface area contributed by atoms with Crippen LogP contribution in [0.3, 0.4) is 0 Å². The maximum atomic E-state index is 14.1. The van der Waals surface area contributed by atoms with Crippen molar-refractivity contribution in [2.45, 2.75) is 70.1 Å². The first-order valence-corrected chi connectivity index (χ1v) is 13.5. The first kappa shape index (κ1) is 32.1. The van der Waals surface area contributed by atoms with Gasteiger partial charge < -0.3 is 26.0 Å². The number of para-hydroxylation sites is 2. The first-order chi connectivity index (χ1) is 19.8. The average Bonchev–Trinajstić information content (AvgIpc) is 2.92. The minimum absolute atomic E-state index is 0.0155. The van der Waals surface area contributed by atoms with E-state index in [1.54, 1.807) is 44.2 Å². The summed E-state index contributed by atoms with van der Waals surface area (Å²) in [5, 5.41) is 22.0. The number of benzene rings is 2. The van der Waals surface area contributed by atoms with Crippen molar-refractivity contribution in [2.75, 3.05) is 0 Å². The number of amides is 2. The molecule has 12 heteroatoms. The van der Waals surface area contributed by atoms with Gasteiger partial charge in [0.05, 0.1) is 41.7 Å². The number of carboxylic acids is 1. The van der Waals surface area contributed by atoms with Crippen molar-refractivity contribution < 1.29 is 38.5 Å². The molecule has 0 saturated carbocycles. The third-order valence-electron chi connectivity index (χ3n) is 6.64. The van der Waals surface area contributed by atoms with Gasteiger partial charge in [-0.15, -0.1) is 0 Å². The van der Waals surface area contributed by atoms with Crippen molar-refractivity contribution in [3.63, 3.8) is 0 Å². The quantitative estimate of drug-likeness (QED) is 0.196. The lowest BCUT2D eigenvalue weighted by atomic mass is 9.87. The van der Waals surface area contributed by atoms with E-state index in [9.17, 15) is 28.7 Å². The fourth-order valence-electron chi connectivity index (χ4n) is 4.42. The van der Waals surface area contributed by atoms with Crippen LogP contribution in [0.2, 0.25) is 0 Å². The predicted octanol–water partition coefficient (Wildman–Crippen LogP) is 2.93. The highest BCUT2D eigenvalue weighted by Gasteiger charge is 2.33. The number of esters is 1. The van der Waals surface area contributed by atoms with Gasteiger partial charge in [-0.25, -0.2) is 9.37 Å². The van der Waals surface area contributed by atoms with Crippen LogP contribution in [0.25, 0.3) is 11.0 Å². The average molecular weight is 583 g/mol. The Morgan fingerprint density at radius 3 is 2.43 bits per heavy atom. The molecule has 0 fully saturated rings. The second-order valence-corrected chi connectivity index (χ2v) is 10.8. The molecule has 2 amide bonds. The highest BCUT2D eigenvalue weighted by atomic mass is 19.1. The maximum absolute atomic E-state index is 14.1. The molecule has 11 nitrogen and oxygen atoms in total. The Morgan fingerprint density at radius 2 is 1.79 bits per heavy atom. The summed E-state index contributed by atoms with van der Waals surface area (Å²) >= 11 is 0. The lowest BCUT2D eigenvalue weighted by molar-refractivity contribution is -0.154. The summed E-state index contributed by atoms with van der Waals surface area (Å²) in [6.45, 7) is 3.15. The number of aliphatic hydroxyl groups is 1. The molecule has 42 heavy (non-hydrogen) atoms. The number of carbonyl (C=O) groups excluding carboxylic acids is 3. The van der Waals surface area contributed by atoms with Gasteiger partial charge in [0.15, 0.2) is 0 Å². The van der Waals surface area contributed by atoms with E-state index >= 15 is 0 Å². The third kappa shape index (κ3) is 10.2. The van der Waals surface area contributed by atoms with E-state index in [1.165, 1.54) is 24.4 Å². The molecule has 224 valence electrons. The highest BCUT2D eigenvalue weighted by Crippen LogP contribution is 2.24. The molecular weight excluding hydrogens is 547 g/mol. The van der Waals surface area contributed by atoms with Crippen molar-refractivity contribution in [2.24, 2.45) is 11.7 Å². The number of nitrogens with zero attached hydrogens (tertiary/aromatic N) is 2. The summed E-state index contributed by atoms with van der Waals surface area (Å²) in [7, 11) is 0. The predicted molar refractivity (Wildman–Crippen MR) is 150 cm³/mol. The van der Waals surface area contributed by atoms with Gasteiger partial charge >= 0.3 is 11.9 Å². The lowest BCUT2D eigenvalue weighted by Crippen LogP contribution is -2.48. The summed E-state index contributed by atoms with van der Waals surface area (Å²) in [4.78, 5) is 58.2. The van der Waals surface area contributed by atoms with Crippen LogP contribution in [0.5, 0.6) is 0 Å². The maximum Gasteiger partial charge on any atom is 0.306 e. The summed E-state index contributed by atoms with van der Waals surface area (Å²) in [6, 6.07) is 11.6. The van der Waals surface area contributed by atoms with E-state index in [1.807, 2.05) is 0 Å². The molecule has 0 radical (unpaired) electrons. The number of aliphatic carboxylic acids is 1. The van der Waals surface area contributed by atoms with E-state index in [2.05, 4.69) is 15.3 Å². The number of fused-ring (bicyclic) bond motifs is 1. The molecule has 0 aliphatic carbocycles. The largest absolute Gasteiger partial charge is 0.481 e. The number of carbonyl (C=O) groups is 4. The summed E-state index contributed by atoms with van der Waals surface area (Å²) in [5.74, 6) is -4.83. The molecule has 1 aromatic heterocycles. The topological polar surface area (TPSA) is 182 Å². The Bertz CT molecular complexity index is 1430. The molecule has 1 heterocycles. The summed E-state index contributed by atoms with van der Waals surface area (Å²) in [5.41, 5.74) is 6.05. The van der Waals surface area contributed by atoms with Gasteiger partial charge in [0, 0.05) is 5.92 Å². The third-order valence-corrected chi connectivity index (χ3v) is 6.64. The Kier molecular flexibility index (Phi) is 11.0. The van der Waals surface area contributed by atoms with Gasteiger partial charge in [0.1, 0.15) is 17.6 Å². The van der Waals surface area contributed by atoms with Crippen molar-refractivity contribution >= 4 is 34.8 Å². The van der Waals surface area contributed by atoms with Gasteiger partial charge in [0.2, 0.25) is 5.91 Å². The minimum atomic E-state index is -1.21. The van der Waals surface area contributed by atoms with E-state index in [0.29, 0.717) is 16.6 Å². The number of hydrogen-bond acceptors (Lipinski definition) is 8. The van der Waals surface area contributed by atoms with Crippen molar-refractivity contribution in [1.29, 1.82) is 0 Å². The highest BCUT2D eigenvalue weighted by molar-refractivity contribution is 5.94. The zero-order valence-electron chi connectivity index (χ0n) is 23.5. The molecule has 0 unspecified atom stereocenters. The molecule has 3 aromatic rings. The number of ether oxygens (including phenoxy) is 1. The Hall–Kier alpha value is -4.45. The number of nitrogens with two attached hydrogens (primary N) is 1. The SMILES string of the molecule is CC(C)(O)CC[C@H](C[C@H](OC(=O)CCC(=O)O)[C@H](Cc1cccc(F)c1)NC(=O)c1cnc2ccccc2n1)C(N)=O. The smallest absolute Gasteiger partial charge is 0.306 e. The zero-order chi connectivity index (χ0) is 30.9. The van der Waals surface area contributed by atoms with E-state index in [4.69, 9.17) is 15.6 Å². The van der Waals surface area contributed by atoms with Crippen LogP contribution in [-0.4, -0.2) is 61.7 Å². The number of aromatic nitrogens is 2. The van der Waals surface area contributed by atoms with Gasteiger partial charge in [-0.3, -0.25) is 24.2 Å². The van der Waals surface area contributed by atoms with E-state index in [0.717, 1.165) is 0 Å². The monoisotopic (exact) mass is 582 g/mol. The number of hydrogen-bond donors (Lipinski definition) is 4. The van der Waals surface area contributed by atoms with Gasteiger partial charge in [-0.1, -0.05) is 24.3 Å². The molecular formula is C30H35FN4O7. The molecule has 3 atom stereocenters. The molecule has 0 bridgehead atoms. The first-order valence-electron chi connectivity index (χ1n) is 13.5. The molecule has 5 N–H and O–H groups in total. The molecule has 0 aliphatic rings. The van der Waals surface area contributed by atoms with Gasteiger partial charge in [-0.2, -0.15) is 0 Å². The van der Waals surface area contributed by atoms with Gasteiger partial charge in [0.25, 0.3) is 5.91 Å².